The second-order valence-electron chi connectivity index (χ2n) is 2.20. The summed E-state index contributed by atoms with van der Waals surface area (Å²) in [5.41, 5.74) is 1.63. The van der Waals surface area contributed by atoms with Gasteiger partial charge in [-0.15, -0.1) is 0 Å². The standard InChI is InChI=1S/C7H7BrClNO/c1-4-2-5(3-11)6(8)10-7(4)9/h2,11H,3H2,1H3. The lowest BCUT2D eigenvalue weighted by Gasteiger charge is -2.02. The van der Waals surface area contributed by atoms with Crippen molar-refractivity contribution >= 4 is 27.5 Å². The van der Waals surface area contributed by atoms with E-state index in [1.807, 2.05) is 6.92 Å². The molecule has 1 N–H and O–H groups in total. The summed E-state index contributed by atoms with van der Waals surface area (Å²) in [5, 5.41) is 9.29. The number of aliphatic hydroxyl groups excluding tert-OH is 1. The Kier molecular flexibility index (Phi) is 2.87. The van der Waals surface area contributed by atoms with Crippen molar-refractivity contribution in [2.24, 2.45) is 0 Å². The molecular formula is C7H7BrClNO. The zero-order valence-electron chi connectivity index (χ0n) is 5.93. The Balaban J connectivity index is 3.21. The van der Waals surface area contributed by atoms with E-state index in [4.69, 9.17) is 16.7 Å². The first-order valence-corrected chi connectivity index (χ1v) is 4.24. The number of pyridine rings is 1. The first kappa shape index (κ1) is 8.97. The molecule has 1 rings (SSSR count). The minimum Gasteiger partial charge on any atom is -0.392 e. The number of aliphatic hydroxyl groups is 1. The van der Waals surface area contributed by atoms with Crippen molar-refractivity contribution in [3.63, 3.8) is 0 Å². The van der Waals surface area contributed by atoms with Gasteiger partial charge in [0, 0.05) is 5.56 Å². The second-order valence-corrected chi connectivity index (χ2v) is 3.31. The number of hydrogen-bond donors (Lipinski definition) is 1. The lowest BCUT2D eigenvalue weighted by Crippen LogP contribution is -1.91. The van der Waals surface area contributed by atoms with Crippen LogP contribution in [0, 0.1) is 6.92 Å². The Bertz CT molecular complexity index is 277. The van der Waals surface area contributed by atoms with E-state index in [0.29, 0.717) is 9.76 Å². The summed E-state index contributed by atoms with van der Waals surface area (Å²) in [6.45, 7) is 1.83. The molecule has 0 unspecified atom stereocenters. The molecule has 60 valence electrons. The summed E-state index contributed by atoms with van der Waals surface area (Å²) < 4.78 is 0.607. The Morgan fingerprint density at radius 3 is 2.91 bits per heavy atom. The van der Waals surface area contributed by atoms with Crippen LogP contribution in [0.2, 0.25) is 5.15 Å². The van der Waals surface area contributed by atoms with Crippen LogP contribution in [-0.4, -0.2) is 10.1 Å². The van der Waals surface area contributed by atoms with Crippen molar-refractivity contribution in [3.8, 4) is 0 Å². The monoisotopic (exact) mass is 235 g/mol. The highest BCUT2D eigenvalue weighted by Gasteiger charge is 2.03. The molecule has 0 radical (unpaired) electrons. The lowest BCUT2D eigenvalue weighted by atomic mass is 10.2. The molecule has 0 aromatic carbocycles. The van der Waals surface area contributed by atoms with Crippen molar-refractivity contribution < 1.29 is 5.11 Å². The molecular weight excluding hydrogens is 229 g/mol. The second kappa shape index (κ2) is 3.52. The van der Waals surface area contributed by atoms with Crippen molar-refractivity contribution in [2.75, 3.05) is 0 Å². The van der Waals surface area contributed by atoms with Crippen molar-refractivity contribution in [1.29, 1.82) is 0 Å². The fourth-order valence-corrected chi connectivity index (χ4v) is 1.40. The van der Waals surface area contributed by atoms with E-state index in [1.165, 1.54) is 0 Å². The Hall–Kier alpha value is -0.120. The van der Waals surface area contributed by atoms with Gasteiger partial charge in [-0.05, 0) is 34.5 Å². The zero-order chi connectivity index (χ0) is 8.43. The molecule has 0 amide bonds. The molecule has 2 nitrogen and oxygen atoms in total. The number of nitrogens with zero attached hydrogens (tertiary/aromatic N) is 1. The van der Waals surface area contributed by atoms with Crippen LogP contribution in [0.25, 0.3) is 0 Å². The average Bonchev–Trinajstić information content (AvgIpc) is 1.97. The van der Waals surface area contributed by atoms with Crippen molar-refractivity contribution in [2.45, 2.75) is 13.5 Å². The summed E-state index contributed by atoms with van der Waals surface area (Å²) in [5.74, 6) is 0. The van der Waals surface area contributed by atoms with Gasteiger partial charge in [-0.1, -0.05) is 11.6 Å². The number of hydrogen-bond acceptors (Lipinski definition) is 2. The van der Waals surface area contributed by atoms with Crippen molar-refractivity contribution in [3.05, 3.63) is 26.9 Å². The number of aromatic nitrogens is 1. The summed E-state index contributed by atoms with van der Waals surface area (Å²) in [4.78, 5) is 3.97. The van der Waals surface area contributed by atoms with Crippen LogP contribution < -0.4 is 0 Å². The summed E-state index contributed by atoms with van der Waals surface area (Å²) in [7, 11) is 0. The van der Waals surface area contributed by atoms with Gasteiger partial charge in [0.2, 0.25) is 0 Å². The molecule has 0 bridgehead atoms. The highest BCUT2D eigenvalue weighted by atomic mass is 79.9. The highest BCUT2D eigenvalue weighted by Crippen LogP contribution is 2.20. The topological polar surface area (TPSA) is 33.1 Å². The minimum atomic E-state index is -0.0222. The summed E-state index contributed by atoms with van der Waals surface area (Å²) in [6, 6.07) is 1.80. The first-order chi connectivity index (χ1) is 5.15. The van der Waals surface area contributed by atoms with Gasteiger partial charge in [0.25, 0.3) is 0 Å². The minimum absolute atomic E-state index is 0.0222. The van der Waals surface area contributed by atoms with Crippen LogP contribution in [0.15, 0.2) is 10.7 Å². The van der Waals surface area contributed by atoms with Crippen LogP contribution in [0.3, 0.4) is 0 Å². The average molecular weight is 236 g/mol. The maximum absolute atomic E-state index is 8.82. The van der Waals surface area contributed by atoms with Gasteiger partial charge >= 0.3 is 0 Å². The zero-order valence-corrected chi connectivity index (χ0v) is 8.28. The molecule has 0 saturated carbocycles. The molecule has 1 aromatic rings. The van der Waals surface area contributed by atoms with Crippen LogP contribution >= 0.6 is 27.5 Å². The Labute approximate surface area is 78.3 Å². The van der Waals surface area contributed by atoms with Gasteiger partial charge in [0.05, 0.1) is 6.61 Å². The summed E-state index contributed by atoms with van der Waals surface area (Å²) >= 11 is 8.91. The molecule has 0 saturated heterocycles. The molecule has 0 atom stereocenters. The van der Waals surface area contributed by atoms with Crippen LogP contribution in [0.1, 0.15) is 11.1 Å². The largest absolute Gasteiger partial charge is 0.392 e. The van der Waals surface area contributed by atoms with Gasteiger partial charge in [0.1, 0.15) is 9.76 Å². The number of rotatable bonds is 1. The van der Waals surface area contributed by atoms with E-state index in [9.17, 15) is 0 Å². The van der Waals surface area contributed by atoms with E-state index in [2.05, 4.69) is 20.9 Å². The fraction of sp³-hybridized carbons (Fsp3) is 0.286. The van der Waals surface area contributed by atoms with E-state index in [1.54, 1.807) is 6.07 Å². The van der Waals surface area contributed by atoms with Crippen LogP contribution in [-0.2, 0) is 6.61 Å². The third kappa shape index (κ3) is 1.92. The molecule has 0 aliphatic heterocycles. The SMILES string of the molecule is Cc1cc(CO)c(Br)nc1Cl. The molecule has 0 aliphatic rings. The van der Waals surface area contributed by atoms with Crippen molar-refractivity contribution in [1.82, 2.24) is 4.98 Å². The van der Waals surface area contributed by atoms with Crippen LogP contribution in [0.5, 0.6) is 0 Å². The molecule has 0 aliphatic carbocycles. The third-order valence-electron chi connectivity index (χ3n) is 1.35. The Morgan fingerprint density at radius 1 is 1.73 bits per heavy atom. The van der Waals surface area contributed by atoms with E-state index >= 15 is 0 Å². The summed E-state index contributed by atoms with van der Waals surface area (Å²) in [6.07, 6.45) is 0. The van der Waals surface area contributed by atoms with E-state index < -0.39 is 0 Å². The normalized spacial score (nSPS) is 10.2. The molecule has 0 spiro atoms. The third-order valence-corrected chi connectivity index (χ3v) is 2.42. The fourth-order valence-electron chi connectivity index (χ4n) is 0.737. The predicted octanol–water partition coefficient (Wildman–Crippen LogP) is 2.30. The van der Waals surface area contributed by atoms with Crippen LogP contribution in [0.4, 0.5) is 0 Å². The molecule has 4 heteroatoms. The van der Waals surface area contributed by atoms with E-state index in [-0.39, 0.29) is 6.61 Å². The molecule has 11 heavy (non-hydrogen) atoms. The van der Waals surface area contributed by atoms with Gasteiger partial charge in [-0.25, -0.2) is 4.98 Å². The predicted molar refractivity (Wildman–Crippen MR) is 47.6 cm³/mol. The smallest absolute Gasteiger partial charge is 0.133 e. The van der Waals surface area contributed by atoms with Gasteiger partial charge in [-0.3, -0.25) is 0 Å². The van der Waals surface area contributed by atoms with Gasteiger partial charge in [0.15, 0.2) is 0 Å². The molecule has 1 aromatic heterocycles. The first-order valence-electron chi connectivity index (χ1n) is 3.07. The highest BCUT2D eigenvalue weighted by molar-refractivity contribution is 9.10. The van der Waals surface area contributed by atoms with Gasteiger partial charge < -0.3 is 5.11 Å². The van der Waals surface area contributed by atoms with E-state index in [0.717, 1.165) is 11.1 Å². The Morgan fingerprint density at radius 2 is 2.36 bits per heavy atom. The number of halogens is 2. The van der Waals surface area contributed by atoms with Gasteiger partial charge in [-0.2, -0.15) is 0 Å². The quantitative estimate of drug-likeness (QED) is 0.759. The molecule has 0 fully saturated rings. The maximum Gasteiger partial charge on any atom is 0.133 e. The number of aryl methyl sites for hydroxylation is 1. The lowest BCUT2D eigenvalue weighted by molar-refractivity contribution is 0.280. The maximum atomic E-state index is 8.82. The molecule has 1 heterocycles.